The maximum atomic E-state index is 11.2. The van der Waals surface area contributed by atoms with Crippen molar-refractivity contribution in [2.24, 2.45) is 0 Å². The molecule has 16 heavy (non-hydrogen) atoms. The summed E-state index contributed by atoms with van der Waals surface area (Å²) in [6, 6.07) is 7.09. The number of rotatable bonds is 2. The largest absolute Gasteiger partial charge is 0.512 e. The Balaban J connectivity index is 3.18. The normalized spacial score (nSPS) is 8.94. The molecule has 0 atom stereocenters. The first kappa shape index (κ1) is 11.9. The van der Waals surface area contributed by atoms with Gasteiger partial charge in [0.25, 0.3) is 0 Å². The van der Waals surface area contributed by atoms with E-state index in [1.165, 1.54) is 26.0 Å². The number of amides is 1. The Morgan fingerprint density at radius 1 is 1.38 bits per heavy atom. The maximum absolute atomic E-state index is 11.2. The SMILES string of the molecule is CC(=O)[N+]#Cc1ccc(NO)c(C(C)=O)c1. The minimum Gasteiger partial charge on any atom is -0.294 e. The number of benzene rings is 1. The molecule has 0 aliphatic carbocycles. The first-order chi connectivity index (χ1) is 7.54. The molecule has 0 spiro atoms. The summed E-state index contributed by atoms with van der Waals surface area (Å²) in [5.74, 6) is -0.572. The Morgan fingerprint density at radius 3 is 2.56 bits per heavy atom. The van der Waals surface area contributed by atoms with Crippen molar-refractivity contribution >= 4 is 17.4 Å². The van der Waals surface area contributed by atoms with Gasteiger partial charge in [0.05, 0.1) is 12.6 Å². The number of nitrogens with one attached hydrogen (secondary N) is 1. The lowest BCUT2D eigenvalue weighted by atomic mass is 10.1. The van der Waals surface area contributed by atoms with Gasteiger partial charge in [-0.25, -0.2) is 4.79 Å². The van der Waals surface area contributed by atoms with Gasteiger partial charge < -0.3 is 0 Å². The van der Waals surface area contributed by atoms with Crippen molar-refractivity contribution < 1.29 is 14.8 Å². The van der Waals surface area contributed by atoms with Gasteiger partial charge in [0, 0.05) is 10.4 Å². The highest BCUT2D eigenvalue weighted by Gasteiger charge is 2.09. The van der Waals surface area contributed by atoms with Crippen LogP contribution in [0.15, 0.2) is 18.2 Å². The Labute approximate surface area is 92.5 Å². The maximum Gasteiger partial charge on any atom is 0.512 e. The first-order valence-electron chi connectivity index (χ1n) is 4.57. The molecule has 1 rings (SSSR count). The van der Waals surface area contributed by atoms with Gasteiger partial charge in [0.2, 0.25) is 0 Å². The van der Waals surface area contributed by atoms with Crippen LogP contribution in [0.2, 0.25) is 0 Å². The number of carbonyl (C=O) groups excluding carboxylic acids is 2. The molecule has 0 bridgehead atoms. The molecule has 0 saturated carbocycles. The van der Waals surface area contributed by atoms with Crippen molar-refractivity contribution in [3.63, 3.8) is 0 Å². The van der Waals surface area contributed by atoms with E-state index in [1.807, 2.05) is 5.48 Å². The highest BCUT2D eigenvalue weighted by molar-refractivity contribution is 5.99. The van der Waals surface area contributed by atoms with E-state index in [4.69, 9.17) is 5.21 Å². The molecule has 82 valence electrons. The molecule has 0 aliphatic rings. The van der Waals surface area contributed by atoms with Gasteiger partial charge >= 0.3 is 12.0 Å². The number of hydrogen-bond donors (Lipinski definition) is 2. The van der Waals surface area contributed by atoms with Crippen molar-refractivity contribution in [3.05, 3.63) is 34.2 Å². The average molecular weight is 219 g/mol. The van der Waals surface area contributed by atoms with Crippen LogP contribution in [0.3, 0.4) is 0 Å². The number of nitrogens with zero attached hydrogens (tertiary/aromatic N) is 1. The first-order valence-corrected chi connectivity index (χ1v) is 4.57. The fourth-order valence-corrected chi connectivity index (χ4v) is 1.15. The van der Waals surface area contributed by atoms with Crippen LogP contribution in [0.5, 0.6) is 0 Å². The molecular formula is C11H11N2O3+. The Morgan fingerprint density at radius 2 is 2.06 bits per heavy atom. The van der Waals surface area contributed by atoms with Crippen molar-refractivity contribution in [2.75, 3.05) is 5.48 Å². The summed E-state index contributed by atoms with van der Waals surface area (Å²) in [5, 5.41) is 8.78. The summed E-state index contributed by atoms with van der Waals surface area (Å²) in [4.78, 5) is 25.3. The van der Waals surface area contributed by atoms with Crippen molar-refractivity contribution in [1.82, 2.24) is 0 Å². The lowest BCUT2D eigenvalue weighted by Crippen LogP contribution is -2.01. The lowest BCUT2D eigenvalue weighted by molar-refractivity contribution is -0.112. The van der Waals surface area contributed by atoms with E-state index in [9.17, 15) is 9.59 Å². The molecule has 0 fully saturated rings. The minimum atomic E-state index is -0.367. The van der Waals surface area contributed by atoms with Crippen LogP contribution < -0.4 is 5.48 Å². The van der Waals surface area contributed by atoms with Gasteiger partial charge in [-0.05, 0) is 25.1 Å². The predicted molar refractivity (Wildman–Crippen MR) is 58.9 cm³/mol. The van der Waals surface area contributed by atoms with Gasteiger partial charge in [-0.3, -0.25) is 15.5 Å². The van der Waals surface area contributed by atoms with Crippen LogP contribution in [-0.2, 0) is 4.79 Å². The van der Waals surface area contributed by atoms with E-state index in [0.717, 1.165) is 0 Å². The van der Waals surface area contributed by atoms with Gasteiger partial charge in [0.1, 0.15) is 5.56 Å². The quantitative estimate of drug-likeness (QED) is 0.588. The number of ketones is 1. The molecule has 0 heterocycles. The fraction of sp³-hybridized carbons (Fsp3) is 0.182. The predicted octanol–water partition coefficient (Wildman–Crippen LogP) is 1.92. The van der Waals surface area contributed by atoms with Gasteiger partial charge in [0.15, 0.2) is 5.78 Å². The second kappa shape index (κ2) is 5.05. The zero-order valence-corrected chi connectivity index (χ0v) is 8.94. The van der Waals surface area contributed by atoms with Crippen molar-refractivity contribution in [2.45, 2.75) is 13.8 Å². The molecule has 0 saturated heterocycles. The molecular weight excluding hydrogens is 208 g/mol. The molecule has 5 nitrogen and oxygen atoms in total. The molecule has 5 heteroatoms. The monoisotopic (exact) mass is 219 g/mol. The molecule has 1 aromatic carbocycles. The minimum absolute atomic E-state index is 0.206. The van der Waals surface area contributed by atoms with E-state index in [2.05, 4.69) is 10.9 Å². The Kier molecular flexibility index (Phi) is 3.75. The highest BCUT2D eigenvalue weighted by Crippen LogP contribution is 2.17. The molecule has 0 aromatic heterocycles. The Hall–Kier alpha value is -2.19. The summed E-state index contributed by atoms with van der Waals surface area (Å²) in [7, 11) is 0. The summed E-state index contributed by atoms with van der Waals surface area (Å²) in [5.41, 5.74) is 3.04. The van der Waals surface area contributed by atoms with Crippen molar-refractivity contribution in [1.29, 1.82) is 0 Å². The van der Waals surface area contributed by atoms with Crippen LogP contribution in [0.1, 0.15) is 29.8 Å². The molecule has 2 N–H and O–H groups in total. The highest BCUT2D eigenvalue weighted by atomic mass is 16.5. The van der Waals surface area contributed by atoms with E-state index < -0.39 is 0 Å². The van der Waals surface area contributed by atoms with Gasteiger partial charge in [-0.15, -0.1) is 0 Å². The van der Waals surface area contributed by atoms with E-state index in [1.54, 1.807) is 6.07 Å². The van der Waals surface area contributed by atoms with Gasteiger partial charge in [-0.2, -0.15) is 0 Å². The molecule has 0 unspecified atom stereocenters. The third-order valence-corrected chi connectivity index (χ3v) is 1.86. The number of Topliss-reactive ketones (excluding diaryl/α,β-unsaturated/α-hetero) is 1. The average Bonchev–Trinajstić information content (AvgIpc) is 2.25. The number of anilines is 1. The van der Waals surface area contributed by atoms with Crippen LogP contribution >= 0.6 is 0 Å². The van der Waals surface area contributed by atoms with Crippen LogP contribution in [0, 0.1) is 6.07 Å². The van der Waals surface area contributed by atoms with Crippen LogP contribution in [0.4, 0.5) is 5.69 Å². The molecule has 1 amide bonds. The van der Waals surface area contributed by atoms with E-state index >= 15 is 0 Å². The molecule has 0 radical (unpaired) electrons. The zero-order chi connectivity index (χ0) is 12.1. The standard InChI is InChI=1S/C11H10N2O3/c1-7(14)10-5-9(6-12-8(2)15)3-4-11(10)13-16/h3-5,16H,1-2H3/p+1. The Bertz CT molecular complexity index is 498. The van der Waals surface area contributed by atoms with Gasteiger partial charge in [-0.1, -0.05) is 0 Å². The lowest BCUT2D eigenvalue weighted by Gasteiger charge is -2.03. The van der Waals surface area contributed by atoms with Crippen molar-refractivity contribution in [3.8, 4) is 6.07 Å². The fourth-order valence-electron chi connectivity index (χ4n) is 1.15. The second-order valence-electron chi connectivity index (χ2n) is 3.17. The smallest absolute Gasteiger partial charge is 0.294 e. The van der Waals surface area contributed by atoms with E-state index in [-0.39, 0.29) is 11.7 Å². The summed E-state index contributed by atoms with van der Waals surface area (Å²) < 4.78 is 0. The third kappa shape index (κ3) is 2.90. The van der Waals surface area contributed by atoms with Crippen LogP contribution in [-0.4, -0.2) is 16.9 Å². The summed E-state index contributed by atoms with van der Waals surface area (Å²) in [6.45, 7) is 2.69. The second-order valence-corrected chi connectivity index (χ2v) is 3.17. The molecule has 0 aliphatic heterocycles. The topological polar surface area (TPSA) is 70.8 Å². The number of carbonyl (C=O) groups is 2. The van der Waals surface area contributed by atoms with Crippen LogP contribution in [0.25, 0.3) is 4.85 Å². The number of hydrogen-bond acceptors (Lipinski definition) is 4. The third-order valence-electron chi connectivity index (χ3n) is 1.86. The van der Waals surface area contributed by atoms with E-state index in [0.29, 0.717) is 16.8 Å². The summed E-state index contributed by atoms with van der Waals surface area (Å²) in [6.07, 6.45) is 0. The summed E-state index contributed by atoms with van der Waals surface area (Å²) >= 11 is 0. The molecule has 1 aromatic rings. The zero-order valence-electron chi connectivity index (χ0n) is 8.94.